The SMILES string of the molecule is COc1ccc(CNCC[C@@]2(c3ccccc3OC)CCO[C@H](C(C)C)C2)cc1OC. The molecule has 5 heteroatoms. The van der Waals surface area contributed by atoms with Crippen molar-refractivity contribution in [2.24, 2.45) is 5.92 Å². The first-order valence-electron chi connectivity index (χ1n) is 11.2. The highest BCUT2D eigenvalue weighted by molar-refractivity contribution is 5.43. The summed E-state index contributed by atoms with van der Waals surface area (Å²) in [5, 5.41) is 3.64. The van der Waals surface area contributed by atoms with Crippen LogP contribution in [0.15, 0.2) is 42.5 Å². The maximum Gasteiger partial charge on any atom is 0.161 e. The predicted molar refractivity (Wildman–Crippen MR) is 124 cm³/mol. The van der Waals surface area contributed by atoms with E-state index in [0.29, 0.717) is 5.92 Å². The first-order chi connectivity index (χ1) is 15.0. The molecule has 0 saturated carbocycles. The van der Waals surface area contributed by atoms with Crippen molar-refractivity contribution in [3.8, 4) is 17.2 Å². The van der Waals surface area contributed by atoms with Crippen molar-refractivity contribution < 1.29 is 18.9 Å². The smallest absolute Gasteiger partial charge is 0.161 e. The Balaban J connectivity index is 1.73. The van der Waals surface area contributed by atoms with Gasteiger partial charge in [0.1, 0.15) is 5.75 Å². The standard InChI is InChI=1S/C26H37NO4/c1-19(2)25-17-26(13-15-31-25,21-8-6-7-9-22(21)28-3)12-14-27-18-20-10-11-23(29-4)24(16-20)30-5/h6-11,16,19,25,27H,12-15,17-18H2,1-5H3/t25-,26+/m0/s1. The third-order valence-electron chi connectivity index (χ3n) is 6.48. The van der Waals surface area contributed by atoms with Crippen molar-refractivity contribution >= 4 is 0 Å². The minimum absolute atomic E-state index is 0.0460. The Morgan fingerprint density at radius 1 is 1.00 bits per heavy atom. The molecular weight excluding hydrogens is 390 g/mol. The molecule has 1 heterocycles. The van der Waals surface area contributed by atoms with Crippen LogP contribution in [0.25, 0.3) is 0 Å². The Labute approximate surface area is 187 Å². The van der Waals surface area contributed by atoms with E-state index in [1.54, 1.807) is 21.3 Å². The van der Waals surface area contributed by atoms with Crippen LogP contribution in [-0.2, 0) is 16.7 Å². The van der Waals surface area contributed by atoms with E-state index in [4.69, 9.17) is 18.9 Å². The van der Waals surface area contributed by atoms with Gasteiger partial charge in [-0.2, -0.15) is 0 Å². The number of rotatable bonds is 10. The molecule has 1 fully saturated rings. The zero-order valence-corrected chi connectivity index (χ0v) is 19.6. The number of ether oxygens (including phenoxy) is 4. The van der Waals surface area contributed by atoms with Crippen LogP contribution in [0.3, 0.4) is 0 Å². The molecule has 31 heavy (non-hydrogen) atoms. The van der Waals surface area contributed by atoms with Gasteiger partial charge in [-0.3, -0.25) is 0 Å². The molecule has 0 amide bonds. The number of benzene rings is 2. The minimum Gasteiger partial charge on any atom is -0.496 e. The highest BCUT2D eigenvalue weighted by Gasteiger charge is 2.40. The van der Waals surface area contributed by atoms with E-state index in [-0.39, 0.29) is 11.5 Å². The predicted octanol–water partition coefficient (Wildman–Crippen LogP) is 4.97. The fourth-order valence-electron chi connectivity index (χ4n) is 4.62. The second kappa shape index (κ2) is 10.9. The van der Waals surface area contributed by atoms with Gasteiger partial charge >= 0.3 is 0 Å². The van der Waals surface area contributed by atoms with E-state index in [9.17, 15) is 0 Å². The highest BCUT2D eigenvalue weighted by atomic mass is 16.5. The van der Waals surface area contributed by atoms with Crippen molar-refractivity contribution in [3.05, 3.63) is 53.6 Å². The zero-order valence-electron chi connectivity index (χ0n) is 19.6. The molecule has 5 nitrogen and oxygen atoms in total. The second-order valence-corrected chi connectivity index (χ2v) is 8.70. The average molecular weight is 428 g/mol. The molecule has 0 aliphatic carbocycles. The maximum absolute atomic E-state index is 6.13. The van der Waals surface area contributed by atoms with Crippen molar-refractivity contribution in [1.29, 1.82) is 0 Å². The van der Waals surface area contributed by atoms with E-state index >= 15 is 0 Å². The number of para-hydroxylation sites is 1. The topological polar surface area (TPSA) is 49.0 Å². The molecule has 1 saturated heterocycles. The highest BCUT2D eigenvalue weighted by Crippen LogP contribution is 2.45. The Hall–Kier alpha value is -2.24. The van der Waals surface area contributed by atoms with Crippen molar-refractivity contribution in [2.45, 2.75) is 51.2 Å². The van der Waals surface area contributed by atoms with Gasteiger partial charge in [0, 0.05) is 24.1 Å². The van der Waals surface area contributed by atoms with E-state index in [1.165, 1.54) is 11.1 Å². The number of hydrogen-bond acceptors (Lipinski definition) is 5. The molecule has 2 aromatic carbocycles. The molecular formula is C26H37NO4. The fourth-order valence-corrected chi connectivity index (χ4v) is 4.62. The molecule has 1 aliphatic heterocycles. The van der Waals surface area contributed by atoms with Crippen molar-refractivity contribution in [1.82, 2.24) is 5.32 Å². The van der Waals surface area contributed by atoms with Crippen LogP contribution in [0.5, 0.6) is 17.2 Å². The largest absolute Gasteiger partial charge is 0.496 e. The first kappa shape index (κ1) is 23.4. The molecule has 3 rings (SSSR count). The molecule has 1 aliphatic rings. The summed E-state index contributed by atoms with van der Waals surface area (Å²) in [4.78, 5) is 0. The lowest BCUT2D eigenvalue weighted by Gasteiger charge is -2.43. The summed E-state index contributed by atoms with van der Waals surface area (Å²) in [5.74, 6) is 2.99. The Bertz CT molecular complexity index is 838. The van der Waals surface area contributed by atoms with Gasteiger partial charge in [-0.05, 0) is 55.5 Å². The Morgan fingerprint density at radius 3 is 2.45 bits per heavy atom. The Morgan fingerprint density at radius 2 is 1.74 bits per heavy atom. The molecule has 0 spiro atoms. The summed E-state index contributed by atoms with van der Waals surface area (Å²) in [6, 6.07) is 14.5. The Kier molecular flexibility index (Phi) is 8.22. The quantitative estimate of drug-likeness (QED) is 0.543. The lowest BCUT2D eigenvalue weighted by molar-refractivity contribution is -0.0473. The normalized spacial score (nSPS) is 21.2. The second-order valence-electron chi connectivity index (χ2n) is 8.70. The molecule has 0 unspecified atom stereocenters. The lowest BCUT2D eigenvalue weighted by atomic mass is 9.68. The average Bonchev–Trinajstić information content (AvgIpc) is 2.81. The number of hydrogen-bond donors (Lipinski definition) is 1. The molecule has 1 N–H and O–H groups in total. The number of methoxy groups -OCH3 is 3. The minimum atomic E-state index is 0.0460. The van der Waals surface area contributed by atoms with Crippen LogP contribution < -0.4 is 19.5 Å². The fraction of sp³-hybridized carbons (Fsp3) is 0.538. The lowest BCUT2D eigenvalue weighted by Crippen LogP contribution is -2.42. The van der Waals surface area contributed by atoms with Gasteiger partial charge in [0.05, 0.1) is 27.4 Å². The first-order valence-corrected chi connectivity index (χ1v) is 11.2. The summed E-state index contributed by atoms with van der Waals surface area (Å²) >= 11 is 0. The molecule has 0 radical (unpaired) electrons. The van der Waals surface area contributed by atoms with Gasteiger partial charge in [-0.15, -0.1) is 0 Å². The molecule has 2 atom stereocenters. The number of nitrogens with one attached hydrogen (secondary N) is 1. The van der Waals surface area contributed by atoms with Crippen LogP contribution in [0.4, 0.5) is 0 Å². The molecule has 2 aromatic rings. The summed E-state index contributed by atoms with van der Waals surface area (Å²) in [6.45, 7) is 6.98. The van der Waals surface area contributed by atoms with Gasteiger partial charge in [-0.25, -0.2) is 0 Å². The van der Waals surface area contributed by atoms with Gasteiger partial charge in [0.15, 0.2) is 11.5 Å². The van der Waals surface area contributed by atoms with E-state index in [0.717, 1.165) is 56.2 Å². The van der Waals surface area contributed by atoms with Crippen molar-refractivity contribution in [3.63, 3.8) is 0 Å². The third-order valence-corrected chi connectivity index (χ3v) is 6.48. The van der Waals surface area contributed by atoms with Gasteiger partial charge < -0.3 is 24.3 Å². The van der Waals surface area contributed by atoms with Crippen LogP contribution in [-0.4, -0.2) is 40.6 Å². The summed E-state index contributed by atoms with van der Waals surface area (Å²) in [6.07, 6.45) is 3.33. The van der Waals surface area contributed by atoms with E-state index in [2.05, 4.69) is 43.4 Å². The van der Waals surface area contributed by atoms with Crippen LogP contribution >= 0.6 is 0 Å². The van der Waals surface area contributed by atoms with Crippen LogP contribution in [0, 0.1) is 5.92 Å². The zero-order chi connectivity index (χ0) is 22.3. The third kappa shape index (κ3) is 5.52. The molecule has 170 valence electrons. The van der Waals surface area contributed by atoms with Gasteiger partial charge in [-0.1, -0.05) is 38.1 Å². The van der Waals surface area contributed by atoms with Crippen LogP contribution in [0.2, 0.25) is 0 Å². The van der Waals surface area contributed by atoms with Gasteiger partial charge in [0.25, 0.3) is 0 Å². The van der Waals surface area contributed by atoms with Gasteiger partial charge in [0.2, 0.25) is 0 Å². The summed E-state index contributed by atoms with van der Waals surface area (Å²) < 4.78 is 22.7. The molecule has 0 bridgehead atoms. The van der Waals surface area contributed by atoms with Crippen LogP contribution in [0.1, 0.15) is 44.2 Å². The maximum atomic E-state index is 6.13. The summed E-state index contributed by atoms with van der Waals surface area (Å²) in [5.41, 5.74) is 2.53. The monoisotopic (exact) mass is 427 g/mol. The van der Waals surface area contributed by atoms with E-state index < -0.39 is 0 Å². The van der Waals surface area contributed by atoms with E-state index in [1.807, 2.05) is 18.2 Å². The summed E-state index contributed by atoms with van der Waals surface area (Å²) in [7, 11) is 5.09. The van der Waals surface area contributed by atoms with Crippen molar-refractivity contribution in [2.75, 3.05) is 34.5 Å². The molecule has 0 aromatic heterocycles.